The number of hydrogen-bond donors (Lipinski definition) is 1. The normalized spacial score (nSPS) is 14.6. The molecule has 7 nitrogen and oxygen atoms in total. The third-order valence-corrected chi connectivity index (χ3v) is 5.92. The molecule has 1 fully saturated rings. The Morgan fingerprint density at radius 1 is 1.23 bits per heavy atom. The van der Waals surface area contributed by atoms with Crippen LogP contribution in [0.1, 0.15) is 19.8 Å². The summed E-state index contributed by atoms with van der Waals surface area (Å²) in [6.07, 6.45) is 2.14. The molecule has 4 rings (SSSR count). The van der Waals surface area contributed by atoms with Crippen LogP contribution in [0.15, 0.2) is 47.3 Å². The molecular formula is C23H25ClN4O3. The highest BCUT2D eigenvalue weighted by Gasteiger charge is 2.21. The number of anilines is 2. The standard InChI is InChI=1S/C23H25ClN4O3/c1-15-9-11-27(12-10-15)22-17-5-3-4-6-19(17)28(23(30)26-22)14-21(29)25-18-13-16(24)7-8-20(18)31-2/h3-8,13,15H,9-12,14H2,1-2H3,(H,25,29). The summed E-state index contributed by atoms with van der Waals surface area (Å²) in [5, 5.41) is 4.12. The summed E-state index contributed by atoms with van der Waals surface area (Å²) in [6.45, 7) is 3.82. The van der Waals surface area contributed by atoms with E-state index in [9.17, 15) is 9.59 Å². The van der Waals surface area contributed by atoms with E-state index < -0.39 is 5.69 Å². The van der Waals surface area contributed by atoms with Gasteiger partial charge in [0.05, 0.1) is 18.3 Å². The number of piperidine rings is 1. The van der Waals surface area contributed by atoms with Crippen LogP contribution < -0.4 is 20.6 Å². The van der Waals surface area contributed by atoms with Gasteiger partial charge < -0.3 is 15.0 Å². The Hall–Kier alpha value is -3.06. The largest absolute Gasteiger partial charge is 0.495 e. The number of carbonyl (C=O) groups excluding carboxylic acids is 1. The summed E-state index contributed by atoms with van der Waals surface area (Å²) < 4.78 is 6.68. The summed E-state index contributed by atoms with van der Waals surface area (Å²) >= 11 is 6.04. The second-order valence-corrected chi connectivity index (χ2v) is 8.32. The summed E-state index contributed by atoms with van der Waals surface area (Å²) in [7, 11) is 1.51. The molecule has 1 saturated heterocycles. The number of fused-ring (bicyclic) bond motifs is 1. The lowest BCUT2D eigenvalue weighted by atomic mass is 9.99. The molecule has 31 heavy (non-hydrogen) atoms. The first kappa shape index (κ1) is 21.2. The van der Waals surface area contributed by atoms with Gasteiger partial charge in [0.15, 0.2) is 0 Å². The number of hydrogen-bond acceptors (Lipinski definition) is 5. The minimum absolute atomic E-state index is 0.167. The van der Waals surface area contributed by atoms with Gasteiger partial charge in [-0.15, -0.1) is 0 Å². The Kier molecular flexibility index (Phi) is 6.13. The van der Waals surface area contributed by atoms with Crippen LogP contribution in [0.2, 0.25) is 5.02 Å². The Bertz CT molecular complexity index is 1170. The lowest BCUT2D eigenvalue weighted by Gasteiger charge is -2.32. The van der Waals surface area contributed by atoms with Gasteiger partial charge in [-0.2, -0.15) is 4.98 Å². The summed E-state index contributed by atoms with van der Waals surface area (Å²) in [5.41, 5.74) is 0.689. The van der Waals surface area contributed by atoms with Crippen molar-refractivity contribution in [3.05, 3.63) is 58.0 Å². The number of aromatic nitrogens is 2. The molecule has 0 aliphatic carbocycles. The van der Waals surface area contributed by atoms with Crippen molar-refractivity contribution in [1.29, 1.82) is 0 Å². The van der Waals surface area contributed by atoms with Crippen LogP contribution in [0.4, 0.5) is 11.5 Å². The Labute approximate surface area is 185 Å². The first-order chi connectivity index (χ1) is 15.0. The zero-order valence-electron chi connectivity index (χ0n) is 17.6. The van der Waals surface area contributed by atoms with Crippen molar-refractivity contribution in [2.75, 3.05) is 30.4 Å². The van der Waals surface area contributed by atoms with E-state index in [0.29, 0.717) is 33.7 Å². The summed E-state index contributed by atoms with van der Waals surface area (Å²) in [5.74, 6) is 1.49. The van der Waals surface area contributed by atoms with Gasteiger partial charge in [0.1, 0.15) is 18.1 Å². The van der Waals surface area contributed by atoms with Crippen LogP contribution in [0.3, 0.4) is 0 Å². The van der Waals surface area contributed by atoms with Crippen LogP contribution in [0, 0.1) is 5.92 Å². The molecule has 1 N–H and O–H groups in total. The molecule has 8 heteroatoms. The van der Waals surface area contributed by atoms with Crippen molar-refractivity contribution in [3.8, 4) is 5.75 Å². The van der Waals surface area contributed by atoms with Gasteiger partial charge in [-0.25, -0.2) is 4.79 Å². The third-order valence-electron chi connectivity index (χ3n) is 5.69. The van der Waals surface area contributed by atoms with Crippen molar-refractivity contribution >= 4 is 39.9 Å². The quantitative estimate of drug-likeness (QED) is 0.650. The average Bonchev–Trinajstić information content (AvgIpc) is 2.76. The average molecular weight is 441 g/mol. The first-order valence-corrected chi connectivity index (χ1v) is 10.7. The van der Waals surface area contributed by atoms with Gasteiger partial charge in [0.2, 0.25) is 5.91 Å². The zero-order chi connectivity index (χ0) is 22.0. The highest BCUT2D eigenvalue weighted by atomic mass is 35.5. The SMILES string of the molecule is COc1ccc(Cl)cc1NC(=O)Cn1c(=O)nc(N2CCC(C)CC2)c2ccccc21. The topological polar surface area (TPSA) is 76.5 Å². The molecule has 1 aliphatic heterocycles. The molecule has 2 aromatic carbocycles. The van der Waals surface area contributed by atoms with E-state index in [1.165, 1.54) is 11.7 Å². The number of nitrogens with one attached hydrogen (secondary N) is 1. The number of methoxy groups -OCH3 is 1. The van der Waals surface area contributed by atoms with Gasteiger partial charge >= 0.3 is 5.69 Å². The van der Waals surface area contributed by atoms with Gasteiger partial charge in [0.25, 0.3) is 0 Å². The Morgan fingerprint density at radius 2 is 1.97 bits per heavy atom. The lowest BCUT2D eigenvalue weighted by Crippen LogP contribution is -2.37. The van der Waals surface area contributed by atoms with Crippen LogP contribution in [-0.4, -0.2) is 35.7 Å². The molecule has 0 bridgehead atoms. The Morgan fingerprint density at radius 3 is 2.71 bits per heavy atom. The van der Waals surface area contributed by atoms with E-state index in [1.807, 2.05) is 24.3 Å². The minimum Gasteiger partial charge on any atom is -0.495 e. The summed E-state index contributed by atoms with van der Waals surface area (Å²) in [6, 6.07) is 12.5. The van der Waals surface area contributed by atoms with Gasteiger partial charge in [-0.3, -0.25) is 9.36 Å². The van der Waals surface area contributed by atoms with E-state index in [4.69, 9.17) is 16.3 Å². The predicted octanol–water partition coefficient (Wildman–Crippen LogP) is 3.93. The predicted molar refractivity (Wildman–Crippen MR) is 123 cm³/mol. The number of halogens is 1. The number of nitrogens with zero attached hydrogens (tertiary/aromatic N) is 3. The number of amides is 1. The van der Waals surface area contributed by atoms with Crippen molar-refractivity contribution < 1.29 is 9.53 Å². The van der Waals surface area contributed by atoms with E-state index in [2.05, 4.69) is 22.1 Å². The fourth-order valence-corrected chi connectivity index (χ4v) is 4.11. The number of carbonyl (C=O) groups is 1. The Balaban J connectivity index is 1.65. The fraction of sp³-hybridized carbons (Fsp3) is 0.348. The van der Waals surface area contributed by atoms with Crippen molar-refractivity contribution in [1.82, 2.24) is 9.55 Å². The van der Waals surface area contributed by atoms with E-state index in [1.54, 1.807) is 18.2 Å². The van der Waals surface area contributed by atoms with Gasteiger partial charge in [0, 0.05) is 23.5 Å². The number of rotatable bonds is 5. The maximum Gasteiger partial charge on any atom is 0.350 e. The van der Waals surface area contributed by atoms with Crippen LogP contribution >= 0.6 is 11.6 Å². The van der Waals surface area contributed by atoms with Gasteiger partial charge in [-0.05, 0) is 49.1 Å². The molecule has 3 aromatic rings. The van der Waals surface area contributed by atoms with Crippen molar-refractivity contribution in [2.45, 2.75) is 26.3 Å². The van der Waals surface area contributed by atoms with Gasteiger partial charge in [-0.1, -0.05) is 30.7 Å². The zero-order valence-corrected chi connectivity index (χ0v) is 18.4. The van der Waals surface area contributed by atoms with Crippen molar-refractivity contribution in [2.24, 2.45) is 5.92 Å². The highest BCUT2D eigenvalue weighted by Crippen LogP contribution is 2.29. The smallest absolute Gasteiger partial charge is 0.350 e. The molecule has 0 spiro atoms. The maximum atomic E-state index is 12.9. The fourth-order valence-electron chi connectivity index (χ4n) is 3.94. The third kappa shape index (κ3) is 4.51. The molecule has 1 aliphatic rings. The number of benzene rings is 2. The highest BCUT2D eigenvalue weighted by molar-refractivity contribution is 6.31. The minimum atomic E-state index is -0.444. The van der Waals surface area contributed by atoms with Crippen LogP contribution in [0.5, 0.6) is 5.75 Å². The molecule has 1 aromatic heterocycles. The maximum absolute atomic E-state index is 12.9. The first-order valence-electron chi connectivity index (χ1n) is 10.3. The van der Waals surface area contributed by atoms with Crippen LogP contribution in [0.25, 0.3) is 10.9 Å². The van der Waals surface area contributed by atoms with Crippen molar-refractivity contribution in [3.63, 3.8) is 0 Å². The monoisotopic (exact) mass is 440 g/mol. The number of para-hydroxylation sites is 1. The molecule has 0 saturated carbocycles. The molecule has 2 heterocycles. The number of ether oxygens (including phenoxy) is 1. The van der Waals surface area contributed by atoms with Crippen LogP contribution in [-0.2, 0) is 11.3 Å². The van der Waals surface area contributed by atoms with E-state index in [-0.39, 0.29) is 12.5 Å². The second kappa shape index (κ2) is 8.98. The molecule has 1 amide bonds. The molecular weight excluding hydrogens is 416 g/mol. The molecule has 0 radical (unpaired) electrons. The lowest BCUT2D eigenvalue weighted by molar-refractivity contribution is -0.116. The summed E-state index contributed by atoms with van der Waals surface area (Å²) in [4.78, 5) is 32.2. The molecule has 162 valence electrons. The molecule has 0 atom stereocenters. The second-order valence-electron chi connectivity index (χ2n) is 7.88. The van der Waals surface area contributed by atoms with E-state index in [0.717, 1.165) is 31.3 Å². The molecule has 0 unspecified atom stereocenters. The van der Waals surface area contributed by atoms with E-state index >= 15 is 0 Å².